The smallest absolute Gasteiger partial charge is 0.328 e. The molecule has 0 bridgehead atoms. The van der Waals surface area contributed by atoms with Crippen LogP contribution in [-0.4, -0.2) is 101 Å². The molecule has 0 saturated heterocycles. The lowest BCUT2D eigenvalue weighted by atomic mass is 10.1. The fourth-order valence-corrected chi connectivity index (χ4v) is 2.81. The molecule has 0 aliphatic rings. The highest BCUT2D eigenvalue weighted by Gasteiger charge is 2.32. The predicted molar refractivity (Wildman–Crippen MR) is 130 cm³/mol. The van der Waals surface area contributed by atoms with Crippen molar-refractivity contribution in [1.29, 1.82) is 0 Å². The summed E-state index contributed by atoms with van der Waals surface area (Å²) in [5.74, 6) is -4.34. The van der Waals surface area contributed by atoms with Crippen LogP contribution in [0.5, 0.6) is 0 Å². The Kier molecular flexibility index (Phi) is 15.1. The molecule has 206 valence electrons. The van der Waals surface area contributed by atoms with Crippen molar-refractivity contribution in [2.45, 2.75) is 62.9 Å². The van der Waals surface area contributed by atoms with Crippen molar-refractivity contribution in [3.05, 3.63) is 0 Å². The molecule has 5 atom stereocenters. The molecule has 0 aromatic heterocycles. The Morgan fingerprint density at radius 2 is 1.31 bits per heavy atom. The van der Waals surface area contributed by atoms with E-state index in [1.54, 1.807) is 0 Å². The molecule has 3 amide bonds. The van der Waals surface area contributed by atoms with Gasteiger partial charge in [-0.2, -0.15) is 0 Å². The minimum Gasteiger partial charge on any atom is -0.480 e. The number of hydrogen-bond donors (Lipinski definition) is 11. The van der Waals surface area contributed by atoms with Gasteiger partial charge in [0.15, 0.2) is 11.9 Å². The van der Waals surface area contributed by atoms with Gasteiger partial charge in [0, 0.05) is 13.1 Å². The summed E-state index contributed by atoms with van der Waals surface area (Å²) in [5, 5.41) is 34.8. The van der Waals surface area contributed by atoms with Crippen LogP contribution in [0.2, 0.25) is 0 Å². The maximum absolute atomic E-state index is 12.9. The maximum Gasteiger partial charge on any atom is 0.328 e. The van der Waals surface area contributed by atoms with Gasteiger partial charge < -0.3 is 59.9 Å². The van der Waals surface area contributed by atoms with Gasteiger partial charge in [0.1, 0.15) is 18.1 Å². The molecule has 0 radical (unpaired) electrons. The number of carboxylic acid groups (broad SMARTS) is 1. The second kappa shape index (κ2) is 16.8. The molecule has 0 rings (SSSR count). The minimum absolute atomic E-state index is 0.0393. The van der Waals surface area contributed by atoms with E-state index in [9.17, 15) is 24.3 Å². The summed E-state index contributed by atoms with van der Waals surface area (Å²) in [4.78, 5) is 56.6. The van der Waals surface area contributed by atoms with Gasteiger partial charge in [-0.05, 0) is 32.6 Å². The normalized spacial score (nSPS) is 14.8. The Bertz CT molecular complexity index is 797. The van der Waals surface area contributed by atoms with Gasteiger partial charge in [-0.25, -0.2) is 4.79 Å². The second-order valence-corrected chi connectivity index (χ2v) is 7.87. The highest BCUT2D eigenvalue weighted by Crippen LogP contribution is 2.04. The maximum atomic E-state index is 12.9. The fourth-order valence-electron chi connectivity index (χ4n) is 2.81. The number of carbonyl (C=O) groups is 4. The molecule has 17 heteroatoms. The average Bonchev–Trinajstić information content (AvgIpc) is 2.79. The Morgan fingerprint density at radius 1 is 0.806 bits per heavy atom. The number of aliphatic carboxylic acids is 1. The first-order valence-corrected chi connectivity index (χ1v) is 11.1. The van der Waals surface area contributed by atoms with Gasteiger partial charge in [0.25, 0.3) is 0 Å². The van der Waals surface area contributed by atoms with Crippen LogP contribution in [0.1, 0.15) is 32.6 Å². The molecular formula is C19H38N10O7. The van der Waals surface area contributed by atoms with Crippen molar-refractivity contribution in [2.24, 2.45) is 38.7 Å². The number of rotatable bonds is 17. The minimum atomic E-state index is -1.65. The first-order chi connectivity index (χ1) is 16.8. The third-order valence-electron chi connectivity index (χ3n) is 4.74. The average molecular weight is 519 g/mol. The van der Waals surface area contributed by atoms with Crippen LogP contribution in [0.3, 0.4) is 0 Å². The Morgan fingerprint density at radius 3 is 1.75 bits per heavy atom. The number of guanidine groups is 2. The molecule has 0 aromatic carbocycles. The number of carbonyl (C=O) groups excluding carboxylic acids is 3. The lowest BCUT2D eigenvalue weighted by molar-refractivity contribution is -0.144. The third kappa shape index (κ3) is 13.3. The highest BCUT2D eigenvalue weighted by atomic mass is 16.4. The topological polar surface area (TPSA) is 320 Å². The zero-order valence-corrected chi connectivity index (χ0v) is 20.1. The van der Waals surface area contributed by atoms with Crippen molar-refractivity contribution in [3.63, 3.8) is 0 Å². The van der Waals surface area contributed by atoms with Crippen LogP contribution >= 0.6 is 0 Å². The molecule has 0 aromatic rings. The second-order valence-electron chi connectivity index (χ2n) is 7.87. The van der Waals surface area contributed by atoms with Gasteiger partial charge in [-0.15, -0.1) is 0 Å². The third-order valence-corrected chi connectivity index (χ3v) is 4.74. The Balaban J connectivity index is 5.40. The molecule has 5 unspecified atom stereocenters. The summed E-state index contributed by atoms with van der Waals surface area (Å²) in [6.45, 7) is 0.677. The van der Waals surface area contributed by atoms with Crippen molar-refractivity contribution >= 4 is 35.6 Å². The Labute approximate surface area is 207 Å². The van der Waals surface area contributed by atoms with Gasteiger partial charge >= 0.3 is 5.97 Å². The number of aliphatic hydroxyl groups excluding tert-OH is 2. The summed E-state index contributed by atoms with van der Waals surface area (Å²) >= 11 is 0. The number of aliphatic hydroxyl groups is 2. The summed E-state index contributed by atoms with van der Waals surface area (Å²) in [6.07, 6.45) is -0.544. The first kappa shape index (κ1) is 32.3. The molecule has 0 saturated carbocycles. The van der Waals surface area contributed by atoms with Gasteiger partial charge in [0.05, 0.1) is 18.8 Å². The lowest BCUT2D eigenvalue weighted by Crippen LogP contribution is -2.60. The summed E-state index contributed by atoms with van der Waals surface area (Å²) in [7, 11) is 0. The molecule has 17 nitrogen and oxygen atoms in total. The molecule has 0 heterocycles. The molecule has 0 aliphatic heterocycles. The van der Waals surface area contributed by atoms with Crippen LogP contribution in [0.15, 0.2) is 9.98 Å². The first-order valence-electron chi connectivity index (χ1n) is 11.1. The number of hydrogen-bond acceptors (Lipinski definition) is 9. The number of carboxylic acids is 1. The van der Waals surface area contributed by atoms with E-state index in [2.05, 4.69) is 20.6 Å². The number of nitrogens with zero attached hydrogens (tertiary/aromatic N) is 2. The van der Waals surface area contributed by atoms with Crippen molar-refractivity contribution < 1.29 is 34.5 Å². The van der Waals surface area contributed by atoms with E-state index in [-0.39, 0.29) is 44.3 Å². The van der Waals surface area contributed by atoms with E-state index in [4.69, 9.17) is 38.9 Å². The number of amides is 3. The summed E-state index contributed by atoms with van der Waals surface area (Å²) in [5.41, 5.74) is 26.9. The van der Waals surface area contributed by atoms with Crippen LogP contribution in [0.25, 0.3) is 0 Å². The quantitative estimate of drug-likeness (QED) is 0.0487. The summed E-state index contributed by atoms with van der Waals surface area (Å²) < 4.78 is 0. The predicted octanol–water partition coefficient (Wildman–Crippen LogP) is -5.67. The van der Waals surface area contributed by atoms with Crippen molar-refractivity contribution in [3.8, 4) is 0 Å². The van der Waals surface area contributed by atoms with E-state index in [1.807, 2.05) is 5.32 Å². The van der Waals surface area contributed by atoms with Crippen LogP contribution < -0.4 is 44.6 Å². The van der Waals surface area contributed by atoms with Gasteiger partial charge in [0.2, 0.25) is 17.7 Å². The molecular weight excluding hydrogens is 480 g/mol. The van der Waals surface area contributed by atoms with Crippen LogP contribution in [0.4, 0.5) is 0 Å². The van der Waals surface area contributed by atoms with Crippen LogP contribution in [0, 0.1) is 0 Å². The van der Waals surface area contributed by atoms with E-state index in [1.165, 1.54) is 6.92 Å². The highest BCUT2D eigenvalue weighted by molar-refractivity contribution is 5.94. The molecule has 36 heavy (non-hydrogen) atoms. The monoisotopic (exact) mass is 518 g/mol. The van der Waals surface area contributed by atoms with Gasteiger partial charge in [-0.3, -0.25) is 24.4 Å². The molecule has 0 aliphatic carbocycles. The number of nitrogens with one attached hydrogen (secondary N) is 3. The van der Waals surface area contributed by atoms with Crippen LogP contribution in [-0.2, 0) is 19.2 Å². The van der Waals surface area contributed by atoms with Crippen molar-refractivity contribution in [1.82, 2.24) is 16.0 Å². The van der Waals surface area contributed by atoms with Crippen molar-refractivity contribution in [2.75, 3.05) is 19.7 Å². The molecule has 0 spiro atoms. The lowest BCUT2D eigenvalue weighted by Gasteiger charge is -2.26. The largest absolute Gasteiger partial charge is 0.480 e. The number of aliphatic imine (C=N–C) groups is 2. The van der Waals surface area contributed by atoms with E-state index in [0.717, 1.165) is 0 Å². The van der Waals surface area contributed by atoms with E-state index >= 15 is 0 Å². The van der Waals surface area contributed by atoms with E-state index < -0.39 is 60.6 Å². The molecule has 16 N–H and O–H groups in total. The fraction of sp³-hybridized carbons (Fsp3) is 0.684. The standard InChI is InChI=1S/C19H38N10O7/c1-9(31)13(16(34)28-12(8-30)17(35)36)29-15(33)11(5-3-7-26-19(23)24)27-14(32)10(20)4-2-6-25-18(21)22/h9-13,30-31H,2-8,20H2,1H3,(H,27,32)(H,28,34)(H,29,33)(H,35,36)(H4,21,22,25)(H4,23,24,26). The van der Waals surface area contributed by atoms with E-state index in [0.29, 0.717) is 6.42 Å². The van der Waals surface area contributed by atoms with Gasteiger partial charge in [-0.1, -0.05) is 0 Å². The zero-order chi connectivity index (χ0) is 27.8. The Hall–Kier alpha value is -3.70. The molecule has 0 fully saturated rings. The number of nitrogens with two attached hydrogens (primary N) is 5. The zero-order valence-electron chi connectivity index (χ0n) is 20.1. The summed E-state index contributed by atoms with van der Waals surface area (Å²) in [6, 6.07) is -5.43. The SMILES string of the molecule is CC(O)C(NC(=O)C(CCCN=C(N)N)NC(=O)C(N)CCCN=C(N)N)C(=O)NC(CO)C(=O)O.